The van der Waals surface area contributed by atoms with Crippen molar-refractivity contribution in [3.8, 4) is 11.4 Å². The molecule has 2 aromatic carbocycles. The summed E-state index contributed by atoms with van der Waals surface area (Å²) >= 11 is 0. The molecule has 0 spiro atoms. The van der Waals surface area contributed by atoms with Crippen LogP contribution in [-0.4, -0.2) is 77.0 Å². The van der Waals surface area contributed by atoms with Crippen molar-refractivity contribution in [2.45, 2.75) is 51.4 Å². The minimum atomic E-state index is -0.548. The van der Waals surface area contributed by atoms with E-state index in [0.717, 1.165) is 11.0 Å². The summed E-state index contributed by atoms with van der Waals surface area (Å²) < 4.78 is 24.0. The highest BCUT2D eigenvalue weighted by Crippen LogP contribution is 2.37. The lowest BCUT2D eigenvalue weighted by atomic mass is 9.77. The zero-order valence-corrected chi connectivity index (χ0v) is 22.0. The Labute approximate surface area is 217 Å². The summed E-state index contributed by atoms with van der Waals surface area (Å²) in [6.45, 7) is 9.57. The summed E-state index contributed by atoms with van der Waals surface area (Å²) in [5, 5.41) is 8.44. The molecule has 1 atom stereocenters. The standard InChI is InChI=1S/C27H33BN4O5/c1-26(2)27(3,4)37-28(36-26)22-17-19(10-11-24(22)34-5)16-20-18-35-15-14-31(20)25(33)21-8-6-7-9-23(21)32-29-12-13-30-32/h6-13,17,20H,14-16,18H2,1-5H3. The Morgan fingerprint density at radius 2 is 1.78 bits per heavy atom. The molecule has 2 aliphatic heterocycles. The van der Waals surface area contributed by atoms with E-state index in [1.807, 2.05) is 69.0 Å². The van der Waals surface area contributed by atoms with Crippen molar-refractivity contribution in [3.63, 3.8) is 0 Å². The van der Waals surface area contributed by atoms with E-state index in [0.29, 0.717) is 43.2 Å². The molecule has 3 aromatic rings. The molecule has 0 bridgehead atoms. The van der Waals surface area contributed by atoms with Crippen molar-refractivity contribution in [1.82, 2.24) is 19.9 Å². The van der Waals surface area contributed by atoms with Crippen LogP contribution in [0.1, 0.15) is 43.6 Å². The fraction of sp³-hybridized carbons (Fsp3) is 0.444. The smallest absolute Gasteiger partial charge is 0.497 e. The van der Waals surface area contributed by atoms with Crippen LogP contribution in [0.2, 0.25) is 0 Å². The molecule has 0 radical (unpaired) electrons. The molecule has 1 unspecified atom stereocenters. The van der Waals surface area contributed by atoms with Crippen LogP contribution in [0.5, 0.6) is 5.75 Å². The first kappa shape index (κ1) is 25.4. The Hall–Kier alpha value is -3.21. The highest BCUT2D eigenvalue weighted by atomic mass is 16.7. The Morgan fingerprint density at radius 3 is 2.49 bits per heavy atom. The summed E-state index contributed by atoms with van der Waals surface area (Å²) in [7, 11) is 1.10. The van der Waals surface area contributed by atoms with Gasteiger partial charge in [0, 0.05) is 12.0 Å². The molecule has 0 aliphatic carbocycles. The van der Waals surface area contributed by atoms with Crippen molar-refractivity contribution in [1.29, 1.82) is 0 Å². The summed E-state index contributed by atoms with van der Waals surface area (Å²) in [4.78, 5) is 17.1. The van der Waals surface area contributed by atoms with E-state index in [4.69, 9.17) is 18.8 Å². The van der Waals surface area contributed by atoms with Crippen LogP contribution in [0.25, 0.3) is 5.69 Å². The SMILES string of the molecule is COc1ccc(CC2COCCN2C(=O)c2ccccc2-n2nccn2)cc1B1OC(C)(C)C(C)(C)O1. The molecule has 9 nitrogen and oxygen atoms in total. The largest absolute Gasteiger partial charge is 0.498 e. The number of para-hydroxylation sites is 1. The van der Waals surface area contributed by atoms with Crippen LogP contribution in [0.3, 0.4) is 0 Å². The quantitative estimate of drug-likeness (QED) is 0.477. The molecule has 37 heavy (non-hydrogen) atoms. The topological polar surface area (TPSA) is 87.9 Å². The molecule has 3 heterocycles. The van der Waals surface area contributed by atoms with Crippen molar-refractivity contribution in [2.75, 3.05) is 26.9 Å². The first-order chi connectivity index (χ1) is 17.7. The number of morpholine rings is 1. The van der Waals surface area contributed by atoms with Gasteiger partial charge < -0.3 is 23.7 Å². The zero-order chi connectivity index (χ0) is 26.2. The van der Waals surface area contributed by atoms with Gasteiger partial charge in [0.15, 0.2) is 0 Å². The van der Waals surface area contributed by atoms with Crippen LogP contribution < -0.4 is 10.2 Å². The second kappa shape index (κ2) is 9.93. The summed E-state index contributed by atoms with van der Waals surface area (Å²) in [5.41, 5.74) is 2.16. The van der Waals surface area contributed by atoms with Crippen LogP contribution in [0.15, 0.2) is 54.9 Å². The predicted octanol–water partition coefficient (Wildman–Crippen LogP) is 2.66. The van der Waals surface area contributed by atoms with Crippen molar-refractivity contribution in [2.24, 2.45) is 0 Å². The molecule has 2 aliphatic rings. The van der Waals surface area contributed by atoms with Crippen LogP contribution >= 0.6 is 0 Å². The highest BCUT2D eigenvalue weighted by molar-refractivity contribution is 6.63. The minimum Gasteiger partial charge on any atom is -0.497 e. The average molecular weight is 504 g/mol. The molecule has 10 heteroatoms. The number of carbonyl (C=O) groups is 1. The fourth-order valence-electron chi connectivity index (χ4n) is 4.75. The Kier molecular flexibility index (Phi) is 6.83. The number of ether oxygens (including phenoxy) is 2. The van der Waals surface area contributed by atoms with Crippen molar-refractivity contribution < 1.29 is 23.6 Å². The van der Waals surface area contributed by atoms with Gasteiger partial charge in [-0.25, -0.2) is 0 Å². The number of hydrogen-bond acceptors (Lipinski definition) is 7. The number of aromatic nitrogens is 3. The average Bonchev–Trinajstić information content (AvgIpc) is 3.50. The second-order valence-electron chi connectivity index (χ2n) is 10.4. The van der Waals surface area contributed by atoms with E-state index in [1.54, 1.807) is 19.5 Å². The maximum absolute atomic E-state index is 13.8. The molecule has 0 saturated carbocycles. The second-order valence-corrected chi connectivity index (χ2v) is 10.4. The number of carbonyl (C=O) groups excluding carboxylic acids is 1. The number of benzene rings is 2. The van der Waals surface area contributed by atoms with E-state index in [1.165, 1.54) is 4.80 Å². The van der Waals surface area contributed by atoms with E-state index in [2.05, 4.69) is 16.3 Å². The van der Waals surface area contributed by atoms with E-state index >= 15 is 0 Å². The molecule has 2 saturated heterocycles. The van der Waals surface area contributed by atoms with Crippen molar-refractivity contribution >= 4 is 18.5 Å². The molecule has 5 rings (SSSR count). The van der Waals surface area contributed by atoms with E-state index < -0.39 is 18.3 Å². The van der Waals surface area contributed by atoms with Gasteiger partial charge >= 0.3 is 7.12 Å². The lowest BCUT2D eigenvalue weighted by Gasteiger charge is -2.36. The van der Waals surface area contributed by atoms with Crippen LogP contribution in [0, 0.1) is 0 Å². The van der Waals surface area contributed by atoms with Gasteiger partial charge in [0.2, 0.25) is 0 Å². The maximum Gasteiger partial charge on any atom is 0.498 e. The van der Waals surface area contributed by atoms with Crippen LogP contribution in [0.4, 0.5) is 0 Å². The number of rotatable bonds is 6. The fourth-order valence-corrected chi connectivity index (χ4v) is 4.75. The zero-order valence-electron chi connectivity index (χ0n) is 22.0. The third-order valence-electron chi connectivity index (χ3n) is 7.53. The van der Waals surface area contributed by atoms with Gasteiger partial charge in [-0.1, -0.05) is 24.3 Å². The molecule has 1 amide bonds. The van der Waals surface area contributed by atoms with Gasteiger partial charge in [0.05, 0.1) is 61.2 Å². The first-order valence-electron chi connectivity index (χ1n) is 12.6. The molecular weight excluding hydrogens is 471 g/mol. The van der Waals surface area contributed by atoms with E-state index in [9.17, 15) is 4.79 Å². The monoisotopic (exact) mass is 504 g/mol. The Morgan fingerprint density at radius 1 is 1.08 bits per heavy atom. The summed E-state index contributed by atoms with van der Waals surface area (Å²) in [6, 6.07) is 13.3. The van der Waals surface area contributed by atoms with Crippen molar-refractivity contribution in [3.05, 3.63) is 66.0 Å². The van der Waals surface area contributed by atoms with Gasteiger partial charge in [0.1, 0.15) is 5.75 Å². The van der Waals surface area contributed by atoms with Gasteiger partial charge in [-0.3, -0.25) is 4.79 Å². The Bertz CT molecular complexity index is 1250. The summed E-state index contributed by atoms with van der Waals surface area (Å²) in [6.07, 6.45) is 3.81. The predicted molar refractivity (Wildman–Crippen MR) is 139 cm³/mol. The lowest BCUT2D eigenvalue weighted by molar-refractivity contribution is -0.00165. The minimum absolute atomic E-state index is 0.0686. The third-order valence-corrected chi connectivity index (χ3v) is 7.53. The first-order valence-corrected chi connectivity index (χ1v) is 12.6. The lowest BCUT2D eigenvalue weighted by Crippen LogP contribution is -2.50. The molecule has 194 valence electrons. The molecular formula is C27H33BN4O5. The molecule has 1 aromatic heterocycles. The molecule has 2 fully saturated rings. The summed E-state index contributed by atoms with van der Waals surface area (Å²) in [5.74, 6) is 0.636. The van der Waals surface area contributed by atoms with Gasteiger partial charge in [-0.05, 0) is 57.9 Å². The van der Waals surface area contributed by atoms with Gasteiger partial charge in [-0.15, -0.1) is 0 Å². The number of hydrogen-bond donors (Lipinski definition) is 0. The van der Waals surface area contributed by atoms with E-state index in [-0.39, 0.29) is 11.9 Å². The van der Waals surface area contributed by atoms with Gasteiger partial charge in [0.25, 0.3) is 5.91 Å². The highest BCUT2D eigenvalue weighted by Gasteiger charge is 2.52. The number of nitrogens with zero attached hydrogens (tertiary/aromatic N) is 4. The van der Waals surface area contributed by atoms with Gasteiger partial charge in [-0.2, -0.15) is 15.0 Å². The molecule has 0 N–H and O–H groups in total. The number of amides is 1. The number of methoxy groups -OCH3 is 1. The maximum atomic E-state index is 13.8. The third kappa shape index (κ3) is 4.88. The normalized spacial score (nSPS) is 20.7. The van der Waals surface area contributed by atoms with Crippen LogP contribution in [-0.2, 0) is 20.5 Å². The Balaban J connectivity index is 1.41.